The molecule has 0 spiro atoms. The Morgan fingerprint density at radius 2 is 1.63 bits per heavy atom. The molecule has 1 aliphatic rings. The lowest BCUT2D eigenvalue weighted by molar-refractivity contribution is -0.166. The zero-order valence-electron chi connectivity index (χ0n) is 25.4. The molecule has 1 unspecified atom stereocenters. The Balaban J connectivity index is 2.19. The second-order valence-electron chi connectivity index (χ2n) is 10.2. The maximum atomic E-state index is 12.1. The molecule has 0 aromatic carbocycles. The zero-order chi connectivity index (χ0) is 32.2. The van der Waals surface area contributed by atoms with Crippen molar-refractivity contribution in [1.29, 1.82) is 0 Å². The number of carbonyl (C=O) groups excluding carboxylic acids is 4. The Kier molecular flexibility index (Phi) is 11.2. The van der Waals surface area contributed by atoms with Crippen LogP contribution in [-0.2, 0) is 54.5 Å². The molecule has 5 atom stereocenters. The van der Waals surface area contributed by atoms with E-state index >= 15 is 0 Å². The molecule has 0 aliphatic carbocycles. The molecule has 1 amide bonds. The van der Waals surface area contributed by atoms with Crippen molar-refractivity contribution in [3.05, 3.63) is 6.33 Å². The number of aromatic nitrogens is 4. The Morgan fingerprint density at radius 3 is 2.14 bits per heavy atom. The quantitative estimate of drug-likeness (QED) is 0.202. The lowest BCUT2D eigenvalue weighted by Gasteiger charge is -2.37. The lowest BCUT2D eigenvalue weighted by atomic mass is 10.1. The summed E-state index contributed by atoms with van der Waals surface area (Å²) in [5, 5.41) is 2.53. The number of hydrogen-bond donors (Lipinski definition) is 1. The Bertz CT molecular complexity index is 1410. The van der Waals surface area contributed by atoms with Gasteiger partial charge in [-0.2, -0.15) is 9.97 Å². The van der Waals surface area contributed by atoms with E-state index < -0.39 is 55.0 Å². The van der Waals surface area contributed by atoms with Gasteiger partial charge in [0.25, 0.3) is 5.88 Å². The molecule has 18 heteroatoms. The van der Waals surface area contributed by atoms with Crippen LogP contribution in [0.4, 0.5) is 5.95 Å². The highest BCUT2D eigenvalue weighted by Crippen LogP contribution is 2.54. The van der Waals surface area contributed by atoms with Crippen LogP contribution in [0, 0.1) is 0 Å². The molecule has 3 heterocycles. The SMILES string of the molecule is COP(=S)(Oc1nc(NC(C)=O)nc2c1ncn2[C@@H]1O[C@H](COC(C)=O)[C@@H](OC(C)=O)[C@H]1OC(C)=O)N(C(C)C)C(C)C. The fourth-order valence-corrected chi connectivity index (χ4v) is 7.90. The van der Waals surface area contributed by atoms with Crippen LogP contribution in [0.2, 0.25) is 0 Å². The molecule has 2 aromatic heterocycles. The summed E-state index contributed by atoms with van der Waals surface area (Å²) in [4.78, 5) is 60.9. The molecule has 1 fully saturated rings. The van der Waals surface area contributed by atoms with Gasteiger partial charge in [0, 0.05) is 46.9 Å². The third-order valence-electron chi connectivity index (χ3n) is 6.07. The van der Waals surface area contributed by atoms with E-state index in [0.29, 0.717) is 0 Å². The fourth-order valence-electron chi connectivity index (χ4n) is 4.72. The van der Waals surface area contributed by atoms with Crippen molar-refractivity contribution in [3.8, 4) is 5.88 Å². The normalized spacial score (nSPS) is 21.6. The summed E-state index contributed by atoms with van der Waals surface area (Å²) < 4.78 is 37.6. The third-order valence-corrected chi connectivity index (χ3v) is 9.66. The first-order valence-corrected chi connectivity index (χ1v) is 16.0. The number of fused-ring (bicyclic) bond motifs is 1. The molecule has 238 valence electrons. The Morgan fingerprint density at radius 1 is 1.02 bits per heavy atom. The predicted octanol–water partition coefficient (Wildman–Crippen LogP) is 2.48. The van der Waals surface area contributed by atoms with Gasteiger partial charge in [0.05, 0.1) is 6.33 Å². The first kappa shape index (κ1) is 34.3. The predicted molar refractivity (Wildman–Crippen MR) is 155 cm³/mol. The number of hydrogen-bond acceptors (Lipinski definition) is 14. The first-order chi connectivity index (χ1) is 20.1. The van der Waals surface area contributed by atoms with Gasteiger partial charge in [-0.1, -0.05) is 0 Å². The molecule has 0 bridgehead atoms. The highest BCUT2D eigenvalue weighted by Gasteiger charge is 2.51. The molecule has 2 aromatic rings. The minimum absolute atomic E-state index is 0.0563. The monoisotopic (exact) mass is 644 g/mol. The van der Waals surface area contributed by atoms with Crippen LogP contribution in [0.5, 0.6) is 5.88 Å². The number of anilines is 1. The van der Waals surface area contributed by atoms with E-state index in [-0.39, 0.29) is 41.7 Å². The molecule has 16 nitrogen and oxygen atoms in total. The van der Waals surface area contributed by atoms with Crippen molar-refractivity contribution in [3.63, 3.8) is 0 Å². The molecule has 0 saturated carbocycles. The first-order valence-electron chi connectivity index (χ1n) is 13.4. The van der Waals surface area contributed by atoms with Crippen LogP contribution >= 0.6 is 6.64 Å². The summed E-state index contributed by atoms with van der Waals surface area (Å²) in [5.74, 6) is -2.62. The number of amides is 1. The van der Waals surface area contributed by atoms with Gasteiger partial charge >= 0.3 is 24.6 Å². The standard InChI is InChI=1S/C25H37N6O10PS/c1-12(2)31(13(3)4)42(43,36-9)41-23-19-22(28-25(29-23)27-14(5)32)30(11-26-19)24-21(39-17(8)35)20(38-16(7)34)18(40-24)10-37-15(6)33/h11-13,18,20-21,24H,10H2,1-9H3,(H,27,28,29,32)/t18-,20-,21-,24-,42?/m1/s1. The summed E-state index contributed by atoms with van der Waals surface area (Å²) >= 11 is 5.89. The van der Waals surface area contributed by atoms with Gasteiger partial charge in [-0.25, -0.2) is 9.65 Å². The van der Waals surface area contributed by atoms with Gasteiger partial charge in [-0.3, -0.25) is 29.1 Å². The van der Waals surface area contributed by atoms with Crippen LogP contribution in [-0.4, -0.2) is 92.1 Å². The molecular formula is C25H37N6O10PS. The van der Waals surface area contributed by atoms with E-state index in [1.54, 1.807) is 0 Å². The smallest absolute Gasteiger partial charge is 0.317 e. The summed E-state index contributed by atoms with van der Waals surface area (Å²) in [7, 11) is 1.44. The second kappa shape index (κ2) is 14.0. The van der Waals surface area contributed by atoms with E-state index in [4.69, 9.17) is 39.8 Å². The summed E-state index contributed by atoms with van der Waals surface area (Å²) in [6.07, 6.45) is -3.20. The summed E-state index contributed by atoms with van der Waals surface area (Å²) in [6.45, 7) is 9.18. The molecule has 1 saturated heterocycles. The highest BCUT2D eigenvalue weighted by atomic mass is 32.5. The van der Waals surface area contributed by atoms with Crippen molar-refractivity contribution in [2.24, 2.45) is 0 Å². The molecule has 0 radical (unpaired) electrons. The molecule has 43 heavy (non-hydrogen) atoms. The minimum Gasteiger partial charge on any atom is -0.463 e. The van der Waals surface area contributed by atoms with Gasteiger partial charge < -0.3 is 28.0 Å². The number of ether oxygens (including phenoxy) is 4. The lowest BCUT2D eigenvalue weighted by Crippen LogP contribution is -2.40. The average Bonchev–Trinajstić information content (AvgIpc) is 3.42. The van der Waals surface area contributed by atoms with Gasteiger partial charge in [-0.15, -0.1) is 0 Å². The number of nitrogens with zero attached hydrogens (tertiary/aromatic N) is 5. The maximum Gasteiger partial charge on any atom is 0.317 e. The van der Waals surface area contributed by atoms with Crippen LogP contribution < -0.4 is 9.84 Å². The summed E-state index contributed by atoms with van der Waals surface area (Å²) in [6, 6.07) is -0.113. The van der Waals surface area contributed by atoms with E-state index in [1.807, 2.05) is 32.4 Å². The van der Waals surface area contributed by atoms with E-state index in [1.165, 1.54) is 45.7 Å². The highest BCUT2D eigenvalue weighted by molar-refractivity contribution is 8.08. The van der Waals surface area contributed by atoms with E-state index in [0.717, 1.165) is 0 Å². The number of esters is 3. The number of nitrogens with one attached hydrogen (secondary N) is 1. The molecule has 3 rings (SSSR count). The topological polar surface area (TPSA) is 183 Å². The van der Waals surface area contributed by atoms with Gasteiger partial charge in [0.15, 0.2) is 29.6 Å². The van der Waals surface area contributed by atoms with Crippen LogP contribution in [0.3, 0.4) is 0 Å². The van der Waals surface area contributed by atoms with Crippen molar-refractivity contribution in [2.45, 2.75) is 92.0 Å². The van der Waals surface area contributed by atoms with Gasteiger partial charge in [0.2, 0.25) is 11.9 Å². The largest absolute Gasteiger partial charge is 0.463 e. The van der Waals surface area contributed by atoms with Crippen LogP contribution in [0.25, 0.3) is 11.2 Å². The van der Waals surface area contributed by atoms with Crippen molar-refractivity contribution >= 4 is 59.4 Å². The Labute approximate surface area is 253 Å². The van der Waals surface area contributed by atoms with Crippen LogP contribution in [0.1, 0.15) is 61.6 Å². The van der Waals surface area contributed by atoms with Crippen molar-refractivity contribution < 1.29 is 47.2 Å². The summed E-state index contributed by atoms with van der Waals surface area (Å²) in [5.41, 5.74) is 0.231. The average molecular weight is 645 g/mol. The molecule has 1 N–H and O–H groups in total. The number of carbonyl (C=O) groups is 4. The van der Waals surface area contributed by atoms with E-state index in [2.05, 4.69) is 20.3 Å². The fraction of sp³-hybridized carbons (Fsp3) is 0.640. The number of imidazole rings is 1. The molecule has 1 aliphatic heterocycles. The van der Waals surface area contributed by atoms with Gasteiger partial charge in [0.1, 0.15) is 12.7 Å². The Hall–Kier alpha value is -3.24. The molecular weight excluding hydrogens is 607 g/mol. The van der Waals surface area contributed by atoms with Crippen molar-refractivity contribution in [1.82, 2.24) is 24.2 Å². The second-order valence-corrected chi connectivity index (χ2v) is 13.5. The van der Waals surface area contributed by atoms with Crippen molar-refractivity contribution in [2.75, 3.05) is 19.0 Å². The zero-order valence-corrected chi connectivity index (χ0v) is 27.1. The maximum absolute atomic E-state index is 12.1. The number of rotatable bonds is 12. The third kappa shape index (κ3) is 8.03. The van der Waals surface area contributed by atoms with E-state index in [9.17, 15) is 19.2 Å². The van der Waals surface area contributed by atoms with Crippen LogP contribution in [0.15, 0.2) is 6.33 Å². The van der Waals surface area contributed by atoms with Gasteiger partial charge in [-0.05, 0) is 39.5 Å². The minimum atomic E-state index is -3.20.